The molecule has 5 rings (SSSR count). The lowest BCUT2D eigenvalue weighted by Gasteiger charge is -2.27. The zero-order valence-electron chi connectivity index (χ0n) is 22.3. The zero-order chi connectivity index (χ0) is 30.0. The monoisotopic (exact) mass is 601 g/mol. The van der Waals surface area contributed by atoms with Gasteiger partial charge in [0.05, 0.1) is 5.52 Å². The van der Waals surface area contributed by atoms with Crippen LogP contribution in [0, 0.1) is 0 Å². The number of amides is 2. The SMILES string of the molecule is CCCNC(=O)Nc1cc(-c2nc(C(F)(F)F)cs2)c(-c2ccc3c(c2)c(=O)c(C(=O)O)cn3C2CCOCC2)cn1. The number of fused-ring (bicyclic) bond motifs is 1. The van der Waals surface area contributed by atoms with Gasteiger partial charge >= 0.3 is 18.2 Å². The van der Waals surface area contributed by atoms with Crippen LogP contribution in [0.1, 0.15) is 48.3 Å². The molecule has 10 nitrogen and oxygen atoms in total. The minimum atomic E-state index is -4.66. The Balaban J connectivity index is 1.66. The number of rotatable bonds is 7. The number of pyridine rings is 2. The van der Waals surface area contributed by atoms with E-state index in [9.17, 15) is 32.7 Å². The molecule has 2 amide bonds. The molecule has 4 heterocycles. The molecule has 1 aliphatic heterocycles. The Hall–Kier alpha value is -4.30. The molecule has 1 aliphatic rings. The van der Waals surface area contributed by atoms with Gasteiger partial charge in [0.15, 0.2) is 5.69 Å². The van der Waals surface area contributed by atoms with Crippen LogP contribution in [0.25, 0.3) is 32.6 Å². The first kappa shape index (κ1) is 29.2. The molecule has 0 unspecified atom stereocenters. The van der Waals surface area contributed by atoms with Gasteiger partial charge in [0, 0.05) is 60.1 Å². The molecule has 0 radical (unpaired) electrons. The third-order valence-corrected chi connectivity index (χ3v) is 7.74. The van der Waals surface area contributed by atoms with E-state index >= 15 is 0 Å². The van der Waals surface area contributed by atoms with Crippen molar-refractivity contribution in [2.75, 3.05) is 25.1 Å². The van der Waals surface area contributed by atoms with Crippen molar-refractivity contribution in [1.29, 1.82) is 0 Å². The zero-order valence-corrected chi connectivity index (χ0v) is 23.1. The maximum Gasteiger partial charge on any atom is 0.434 e. The number of carbonyl (C=O) groups excluding carboxylic acids is 1. The molecule has 0 bridgehead atoms. The van der Waals surface area contributed by atoms with Crippen LogP contribution in [0.5, 0.6) is 0 Å². The van der Waals surface area contributed by atoms with Crippen molar-refractivity contribution < 1.29 is 32.6 Å². The number of carbonyl (C=O) groups is 2. The molecule has 0 atom stereocenters. The Labute approximate surface area is 241 Å². The first-order valence-electron chi connectivity index (χ1n) is 13.1. The molecule has 1 aromatic carbocycles. The van der Waals surface area contributed by atoms with Gasteiger partial charge in [-0.05, 0) is 43.0 Å². The average molecular weight is 602 g/mol. The molecule has 0 spiro atoms. The number of hydrogen-bond acceptors (Lipinski definition) is 7. The van der Waals surface area contributed by atoms with Gasteiger partial charge < -0.3 is 19.7 Å². The molecule has 220 valence electrons. The summed E-state index contributed by atoms with van der Waals surface area (Å²) >= 11 is 0.772. The van der Waals surface area contributed by atoms with Gasteiger partial charge in [-0.3, -0.25) is 10.1 Å². The molecule has 3 aromatic heterocycles. The number of carboxylic acid groups (broad SMARTS) is 1. The highest BCUT2D eigenvalue weighted by Gasteiger charge is 2.34. The van der Waals surface area contributed by atoms with Crippen molar-refractivity contribution in [3.05, 3.63) is 63.5 Å². The van der Waals surface area contributed by atoms with Gasteiger partial charge in [0.25, 0.3) is 0 Å². The first-order chi connectivity index (χ1) is 20.1. The predicted octanol–water partition coefficient (Wildman–Crippen LogP) is 5.79. The van der Waals surface area contributed by atoms with Gasteiger partial charge in [-0.15, -0.1) is 11.3 Å². The fourth-order valence-corrected chi connectivity index (χ4v) is 5.65. The van der Waals surface area contributed by atoms with E-state index in [0.29, 0.717) is 55.7 Å². The third-order valence-electron chi connectivity index (χ3n) is 6.86. The minimum absolute atomic E-state index is 0.0238. The molecule has 42 heavy (non-hydrogen) atoms. The van der Waals surface area contributed by atoms with Gasteiger partial charge in [0.2, 0.25) is 5.43 Å². The smallest absolute Gasteiger partial charge is 0.434 e. The van der Waals surface area contributed by atoms with Crippen molar-refractivity contribution in [3.8, 4) is 21.7 Å². The first-order valence-corrected chi connectivity index (χ1v) is 14.0. The lowest BCUT2D eigenvalue weighted by atomic mass is 9.98. The van der Waals surface area contributed by atoms with Crippen LogP contribution in [0.4, 0.5) is 23.8 Å². The Bertz CT molecular complexity index is 1710. The molecule has 1 fully saturated rings. The van der Waals surface area contributed by atoms with E-state index in [4.69, 9.17) is 4.74 Å². The minimum Gasteiger partial charge on any atom is -0.477 e. The number of ether oxygens (including phenoxy) is 1. The van der Waals surface area contributed by atoms with Crippen molar-refractivity contribution in [2.45, 2.75) is 38.4 Å². The Morgan fingerprint density at radius 2 is 1.95 bits per heavy atom. The van der Waals surface area contributed by atoms with Gasteiger partial charge in [-0.25, -0.2) is 19.6 Å². The van der Waals surface area contributed by atoms with Crippen LogP contribution in [0.15, 0.2) is 46.8 Å². The average Bonchev–Trinajstić information content (AvgIpc) is 3.48. The number of aromatic carboxylic acids is 1. The molecule has 3 N–H and O–H groups in total. The number of hydrogen-bond donors (Lipinski definition) is 3. The fourth-order valence-electron chi connectivity index (χ4n) is 4.80. The van der Waals surface area contributed by atoms with E-state index in [1.807, 2.05) is 6.92 Å². The topological polar surface area (TPSA) is 135 Å². The molecular weight excluding hydrogens is 575 g/mol. The summed E-state index contributed by atoms with van der Waals surface area (Å²) in [5, 5.41) is 16.0. The van der Waals surface area contributed by atoms with Gasteiger partial charge in [-0.1, -0.05) is 13.0 Å². The lowest BCUT2D eigenvalue weighted by molar-refractivity contribution is -0.140. The number of benzene rings is 1. The second kappa shape index (κ2) is 11.9. The van der Waals surface area contributed by atoms with Crippen LogP contribution in [-0.4, -0.2) is 51.4 Å². The molecule has 4 aromatic rings. The Kier molecular flexibility index (Phi) is 8.27. The number of carboxylic acids is 1. The normalized spacial score (nSPS) is 14.2. The van der Waals surface area contributed by atoms with E-state index in [0.717, 1.165) is 16.7 Å². The number of thiazole rings is 1. The maximum atomic E-state index is 13.4. The highest BCUT2D eigenvalue weighted by atomic mass is 32.1. The number of nitrogens with one attached hydrogen (secondary N) is 2. The van der Waals surface area contributed by atoms with E-state index in [1.54, 1.807) is 16.7 Å². The van der Waals surface area contributed by atoms with Crippen molar-refractivity contribution in [1.82, 2.24) is 19.9 Å². The van der Waals surface area contributed by atoms with Gasteiger partial charge in [0.1, 0.15) is 16.4 Å². The van der Waals surface area contributed by atoms with Crippen LogP contribution >= 0.6 is 11.3 Å². The lowest BCUT2D eigenvalue weighted by Crippen LogP contribution is -2.29. The quantitative estimate of drug-likeness (QED) is 0.244. The molecule has 0 aliphatic carbocycles. The van der Waals surface area contributed by atoms with Crippen LogP contribution in [-0.2, 0) is 10.9 Å². The number of halogens is 3. The van der Waals surface area contributed by atoms with E-state index in [1.165, 1.54) is 24.5 Å². The predicted molar refractivity (Wildman–Crippen MR) is 151 cm³/mol. The van der Waals surface area contributed by atoms with Crippen LogP contribution in [0.3, 0.4) is 0 Å². The van der Waals surface area contributed by atoms with Crippen LogP contribution in [0.2, 0.25) is 0 Å². The van der Waals surface area contributed by atoms with E-state index in [2.05, 4.69) is 20.6 Å². The molecule has 14 heteroatoms. The summed E-state index contributed by atoms with van der Waals surface area (Å²) in [5.74, 6) is -1.28. The third kappa shape index (κ3) is 5.99. The second-order valence-corrected chi connectivity index (χ2v) is 10.5. The van der Waals surface area contributed by atoms with Crippen LogP contribution < -0.4 is 16.1 Å². The summed E-state index contributed by atoms with van der Waals surface area (Å²) in [7, 11) is 0. The standard InChI is InChI=1S/C28H26F3N5O5S/c1-2-7-32-27(40)35-23-11-17(25-34-22(14-42-25)28(29,30)31)19(12-33-23)15-3-4-21-18(10-15)24(37)20(26(38)39)13-36(21)16-5-8-41-9-6-16/h3-4,10-14,16H,2,5-9H2,1H3,(H,38,39)(H2,32,33,35,40). The second-order valence-electron chi connectivity index (χ2n) is 9.69. The van der Waals surface area contributed by atoms with E-state index < -0.39 is 34.9 Å². The molecular formula is C28H26F3N5O5S. The summed E-state index contributed by atoms with van der Waals surface area (Å²) in [4.78, 5) is 45.6. The highest BCUT2D eigenvalue weighted by molar-refractivity contribution is 7.13. The molecule has 1 saturated heterocycles. The summed E-state index contributed by atoms with van der Waals surface area (Å²) in [6.07, 6.45) is 0.0463. The van der Waals surface area contributed by atoms with E-state index in [-0.39, 0.29) is 27.8 Å². The number of aromatic nitrogens is 3. The number of alkyl halides is 3. The number of nitrogens with zero attached hydrogens (tertiary/aromatic N) is 3. The summed E-state index contributed by atoms with van der Waals surface area (Å²) in [6.45, 7) is 3.29. The largest absolute Gasteiger partial charge is 0.477 e. The van der Waals surface area contributed by atoms with Crippen molar-refractivity contribution in [3.63, 3.8) is 0 Å². The number of urea groups is 1. The fraction of sp³-hybridized carbons (Fsp3) is 0.321. The summed E-state index contributed by atoms with van der Waals surface area (Å²) in [5.41, 5.74) is -0.617. The van der Waals surface area contributed by atoms with Crippen molar-refractivity contribution >= 4 is 40.1 Å². The molecule has 0 saturated carbocycles. The maximum absolute atomic E-state index is 13.4. The Morgan fingerprint density at radius 1 is 1.19 bits per heavy atom. The number of anilines is 1. The highest BCUT2D eigenvalue weighted by Crippen LogP contribution is 2.39. The van der Waals surface area contributed by atoms with Crippen molar-refractivity contribution in [2.24, 2.45) is 0 Å². The summed E-state index contributed by atoms with van der Waals surface area (Å²) in [6, 6.07) is 5.70. The summed E-state index contributed by atoms with van der Waals surface area (Å²) < 4.78 is 47.4. The van der Waals surface area contributed by atoms with Gasteiger partial charge in [-0.2, -0.15) is 13.2 Å². The Morgan fingerprint density at radius 3 is 2.62 bits per heavy atom.